The number of thiazole rings is 1. The molecule has 0 aliphatic heterocycles. The van der Waals surface area contributed by atoms with E-state index < -0.39 is 10.0 Å². The van der Waals surface area contributed by atoms with Gasteiger partial charge in [0.15, 0.2) is 11.0 Å². The molecule has 0 aliphatic carbocycles. The van der Waals surface area contributed by atoms with Gasteiger partial charge < -0.3 is 4.74 Å². The van der Waals surface area contributed by atoms with E-state index in [2.05, 4.69) is 19.8 Å². The van der Waals surface area contributed by atoms with Gasteiger partial charge in [0, 0.05) is 11.9 Å². The lowest BCUT2D eigenvalue weighted by Crippen LogP contribution is -2.12. The molecule has 1 N–H and O–H groups in total. The predicted molar refractivity (Wildman–Crippen MR) is 98.8 cm³/mol. The van der Waals surface area contributed by atoms with Gasteiger partial charge in [0.2, 0.25) is 0 Å². The highest BCUT2D eigenvalue weighted by Gasteiger charge is 2.17. The molecule has 0 unspecified atom stereocenters. The van der Waals surface area contributed by atoms with Crippen molar-refractivity contribution >= 4 is 26.5 Å². The van der Waals surface area contributed by atoms with Crippen molar-refractivity contribution in [2.75, 3.05) is 4.72 Å². The normalized spacial score (nSPS) is 11.5. The monoisotopic (exact) mass is 393 g/mol. The summed E-state index contributed by atoms with van der Waals surface area (Å²) in [7, 11) is -1.92. The molecule has 0 saturated heterocycles. The SMILES string of the molecule is CCc1nc(NS(=O)(=O)c2ccc(OCc3ncnn3C)cc2)sc1C. The number of benzene rings is 1. The van der Waals surface area contributed by atoms with Gasteiger partial charge in [-0.2, -0.15) is 5.10 Å². The second-order valence-electron chi connectivity index (χ2n) is 5.54. The van der Waals surface area contributed by atoms with Gasteiger partial charge in [0.05, 0.1) is 10.6 Å². The van der Waals surface area contributed by atoms with E-state index in [1.165, 1.54) is 29.8 Å². The minimum Gasteiger partial charge on any atom is -0.486 e. The van der Waals surface area contributed by atoms with Gasteiger partial charge in [-0.1, -0.05) is 6.92 Å². The van der Waals surface area contributed by atoms with Gasteiger partial charge in [0.1, 0.15) is 18.7 Å². The molecule has 1 aromatic carbocycles. The molecule has 8 nitrogen and oxygen atoms in total. The number of hydrogen-bond donors (Lipinski definition) is 1. The molecule has 3 rings (SSSR count). The molecule has 0 fully saturated rings. The second kappa shape index (κ2) is 7.42. The van der Waals surface area contributed by atoms with Gasteiger partial charge in [-0.25, -0.2) is 18.4 Å². The van der Waals surface area contributed by atoms with E-state index in [0.717, 1.165) is 17.0 Å². The van der Waals surface area contributed by atoms with Crippen LogP contribution in [0.5, 0.6) is 5.75 Å². The molecular formula is C16H19N5O3S2. The maximum atomic E-state index is 12.5. The van der Waals surface area contributed by atoms with Crippen molar-refractivity contribution in [3.8, 4) is 5.75 Å². The van der Waals surface area contributed by atoms with Crippen LogP contribution < -0.4 is 9.46 Å². The Hall–Kier alpha value is -2.46. The Morgan fingerprint density at radius 2 is 2.00 bits per heavy atom. The van der Waals surface area contributed by atoms with Crippen LogP contribution in [0.25, 0.3) is 0 Å². The number of aromatic nitrogens is 4. The summed E-state index contributed by atoms with van der Waals surface area (Å²) < 4.78 is 34.8. The molecule has 0 aliphatic rings. The summed E-state index contributed by atoms with van der Waals surface area (Å²) in [5, 5.41) is 4.34. The van der Waals surface area contributed by atoms with Crippen molar-refractivity contribution in [3.63, 3.8) is 0 Å². The summed E-state index contributed by atoms with van der Waals surface area (Å²) in [5.74, 6) is 1.22. The molecule has 2 heterocycles. The third-order valence-corrected chi connectivity index (χ3v) is 6.17. The molecule has 0 bridgehead atoms. The first-order chi connectivity index (χ1) is 12.4. The maximum Gasteiger partial charge on any atom is 0.263 e. The zero-order valence-corrected chi connectivity index (χ0v) is 16.3. The highest BCUT2D eigenvalue weighted by atomic mass is 32.2. The van der Waals surface area contributed by atoms with Gasteiger partial charge in [0.25, 0.3) is 10.0 Å². The summed E-state index contributed by atoms with van der Waals surface area (Å²) >= 11 is 1.33. The number of rotatable bonds is 7. The van der Waals surface area contributed by atoms with Crippen LogP contribution in [0.3, 0.4) is 0 Å². The molecule has 0 atom stereocenters. The van der Waals surface area contributed by atoms with E-state index in [0.29, 0.717) is 16.7 Å². The quantitative estimate of drug-likeness (QED) is 0.662. The van der Waals surface area contributed by atoms with E-state index in [1.54, 1.807) is 23.9 Å². The topological polar surface area (TPSA) is 99.0 Å². The Bertz CT molecular complexity index is 993. The number of ether oxygens (including phenoxy) is 1. The van der Waals surface area contributed by atoms with Crippen molar-refractivity contribution in [3.05, 3.63) is 47.0 Å². The van der Waals surface area contributed by atoms with Crippen molar-refractivity contribution in [1.82, 2.24) is 19.7 Å². The number of hydrogen-bond acceptors (Lipinski definition) is 7. The minimum atomic E-state index is -3.69. The summed E-state index contributed by atoms with van der Waals surface area (Å²) in [5.41, 5.74) is 0.903. The molecule has 3 aromatic rings. The van der Waals surface area contributed by atoms with Crippen molar-refractivity contribution < 1.29 is 13.2 Å². The van der Waals surface area contributed by atoms with Crippen molar-refractivity contribution in [1.29, 1.82) is 0 Å². The standard InChI is InChI=1S/C16H19N5O3S2/c1-4-14-11(2)25-16(19-14)20-26(22,23)13-7-5-12(6-8-13)24-9-15-17-10-18-21(15)3/h5-8,10H,4,9H2,1-3H3,(H,19,20). The van der Waals surface area contributed by atoms with Crippen molar-refractivity contribution in [2.24, 2.45) is 7.05 Å². The van der Waals surface area contributed by atoms with Crippen LogP contribution in [0.4, 0.5) is 5.13 Å². The first-order valence-electron chi connectivity index (χ1n) is 7.94. The number of aryl methyl sites for hydroxylation is 3. The number of sulfonamides is 1. The van der Waals surface area contributed by atoms with Crippen LogP contribution in [0.2, 0.25) is 0 Å². The van der Waals surface area contributed by atoms with Gasteiger partial charge in [-0.3, -0.25) is 9.40 Å². The van der Waals surface area contributed by atoms with E-state index in [-0.39, 0.29) is 11.5 Å². The van der Waals surface area contributed by atoms with Crippen LogP contribution >= 0.6 is 11.3 Å². The summed E-state index contributed by atoms with van der Waals surface area (Å²) in [6.07, 6.45) is 2.21. The Morgan fingerprint density at radius 3 is 2.58 bits per heavy atom. The zero-order chi connectivity index (χ0) is 18.7. The number of nitrogens with zero attached hydrogens (tertiary/aromatic N) is 4. The molecule has 0 amide bonds. The summed E-state index contributed by atoms with van der Waals surface area (Å²) in [6, 6.07) is 6.20. The van der Waals surface area contributed by atoms with E-state index in [9.17, 15) is 8.42 Å². The Labute approximate surface area is 155 Å². The van der Waals surface area contributed by atoms with Crippen LogP contribution in [0, 0.1) is 6.92 Å². The fourth-order valence-corrected chi connectivity index (χ4v) is 4.42. The fourth-order valence-electron chi connectivity index (χ4n) is 2.29. The average molecular weight is 393 g/mol. The minimum absolute atomic E-state index is 0.148. The van der Waals surface area contributed by atoms with E-state index in [1.807, 2.05) is 13.8 Å². The van der Waals surface area contributed by atoms with Crippen molar-refractivity contribution in [2.45, 2.75) is 31.8 Å². The van der Waals surface area contributed by atoms with Crippen LogP contribution in [0.1, 0.15) is 23.3 Å². The number of anilines is 1. The average Bonchev–Trinajstić information content (AvgIpc) is 3.17. The Morgan fingerprint density at radius 1 is 1.27 bits per heavy atom. The molecule has 0 spiro atoms. The highest BCUT2D eigenvalue weighted by molar-refractivity contribution is 7.93. The largest absolute Gasteiger partial charge is 0.486 e. The van der Waals surface area contributed by atoms with E-state index >= 15 is 0 Å². The molecular weight excluding hydrogens is 374 g/mol. The van der Waals surface area contributed by atoms with Crippen LogP contribution in [-0.4, -0.2) is 28.2 Å². The lowest BCUT2D eigenvalue weighted by atomic mass is 10.3. The lowest BCUT2D eigenvalue weighted by Gasteiger charge is -2.08. The fraction of sp³-hybridized carbons (Fsp3) is 0.312. The first kappa shape index (κ1) is 18.3. The first-order valence-corrected chi connectivity index (χ1v) is 10.2. The van der Waals surface area contributed by atoms with E-state index in [4.69, 9.17) is 4.74 Å². The maximum absolute atomic E-state index is 12.5. The predicted octanol–water partition coefficient (Wildman–Crippen LogP) is 2.52. The molecule has 2 aromatic heterocycles. The van der Waals surface area contributed by atoms with Gasteiger partial charge in [-0.15, -0.1) is 11.3 Å². The van der Waals surface area contributed by atoms with Crippen LogP contribution in [0.15, 0.2) is 35.5 Å². The third-order valence-electron chi connectivity index (χ3n) is 3.76. The van der Waals surface area contributed by atoms with Gasteiger partial charge >= 0.3 is 0 Å². The highest BCUT2D eigenvalue weighted by Crippen LogP contribution is 2.25. The summed E-state index contributed by atoms with van der Waals surface area (Å²) in [4.78, 5) is 9.54. The number of nitrogens with one attached hydrogen (secondary N) is 1. The zero-order valence-electron chi connectivity index (χ0n) is 14.6. The smallest absolute Gasteiger partial charge is 0.263 e. The molecule has 10 heteroatoms. The molecule has 26 heavy (non-hydrogen) atoms. The second-order valence-corrected chi connectivity index (χ2v) is 8.43. The summed E-state index contributed by atoms with van der Waals surface area (Å²) in [6.45, 7) is 4.16. The molecule has 0 radical (unpaired) electrons. The van der Waals surface area contributed by atoms with Crippen LogP contribution in [-0.2, 0) is 30.1 Å². The lowest BCUT2D eigenvalue weighted by molar-refractivity contribution is 0.289. The molecule has 0 saturated carbocycles. The van der Waals surface area contributed by atoms with Gasteiger partial charge in [-0.05, 0) is 37.6 Å². The Balaban J connectivity index is 1.69. The molecule has 138 valence electrons. The Kier molecular flexibility index (Phi) is 5.23. The third kappa shape index (κ3) is 4.02.